The molecule has 0 bridgehead atoms. The summed E-state index contributed by atoms with van der Waals surface area (Å²) in [4.78, 5) is 4.01. The number of para-hydroxylation sites is 1. The topological polar surface area (TPSA) is 63.2 Å². The van der Waals surface area contributed by atoms with Crippen molar-refractivity contribution in [3.8, 4) is 11.6 Å². The zero-order valence-electron chi connectivity index (χ0n) is 18.3. The van der Waals surface area contributed by atoms with Crippen LogP contribution in [0.25, 0.3) is 0 Å². The van der Waals surface area contributed by atoms with Crippen molar-refractivity contribution in [2.24, 2.45) is 10.1 Å². The highest BCUT2D eigenvalue weighted by molar-refractivity contribution is 6.31. The Bertz CT molecular complexity index is 972. The van der Waals surface area contributed by atoms with Crippen LogP contribution in [0.3, 0.4) is 0 Å². The van der Waals surface area contributed by atoms with Crippen molar-refractivity contribution >= 4 is 11.5 Å². The summed E-state index contributed by atoms with van der Waals surface area (Å²) in [5, 5.41) is 10.5. The fraction of sp³-hybridized carbons (Fsp3) is 0.375. The minimum Gasteiger partial charge on any atom is -0.436 e. The molecule has 2 aromatic rings. The van der Waals surface area contributed by atoms with Crippen LogP contribution in [0.15, 0.2) is 75.2 Å². The number of amidine groups is 1. The van der Waals surface area contributed by atoms with Gasteiger partial charge in [-0.25, -0.2) is 10.0 Å². The molecule has 1 aliphatic heterocycles. The van der Waals surface area contributed by atoms with Gasteiger partial charge in [0, 0.05) is 5.57 Å². The minimum absolute atomic E-state index is 0.188. The second kappa shape index (κ2) is 10.7. The lowest BCUT2D eigenvalue weighted by Gasteiger charge is -2.22. The molecule has 0 atom stereocenters. The average Bonchev–Trinajstić information content (AvgIpc) is 3.49. The van der Waals surface area contributed by atoms with Gasteiger partial charge in [-0.05, 0) is 43.6 Å². The largest absolute Gasteiger partial charge is 0.436 e. The van der Waals surface area contributed by atoms with Crippen LogP contribution < -0.4 is 4.74 Å². The van der Waals surface area contributed by atoms with Gasteiger partial charge in [-0.15, -0.1) is 0 Å². The number of benzene rings is 1. The number of aromatic nitrogens is 1. The van der Waals surface area contributed by atoms with E-state index >= 15 is 0 Å². The number of nitrogens with zero attached hydrogens (tertiary/aromatic N) is 4. The monoisotopic (exact) mass is 424 g/mol. The molecule has 0 spiro atoms. The summed E-state index contributed by atoms with van der Waals surface area (Å²) >= 11 is 0. The molecule has 2 aliphatic rings. The predicted octanol–water partition coefficient (Wildman–Crippen LogP) is 6.63. The predicted molar refractivity (Wildman–Crippen MR) is 121 cm³/mol. The molecule has 1 aromatic carbocycles. The van der Waals surface area contributed by atoms with E-state index in [1.54, 1.807) is 11.1 Å². The van der Waals surface area contributed by atoms with E-state index in [-0.39, 0.29) is 6.04 Å². The van der Waals surface area contributed by atoms with Crippen molar-refractivity contribution in [3.05, 3.63) is 66.3 Å². The summed E-state index contributed by atoms with van der Waals surface area (Å²) in [6, 6.07) is 11.2. The van der Waals surface area contributed by atoms with Crippen molar-refractivity contribution in [3.63, 3.8) is 0 Å². The fourth-order valence-corrected chi connectivity index (χ4v) is 3.54. The van der Waals surface area contributed by atoms with Crippen LogP contribution in [0.2, 0.25) is 0 Å². The number of rotatable bonds is 5. The Morgan fingerprint density at radius 3 is 2.58 bits per heavy atom. The first-order valence-corrected chi connectivity index (χ1v) is 10.7. The normalized spacial score (nSPS) is 18.8. The fourth-order valence-electron chi connectivity index (χ4n) is 3.54. The number of allylic oxidation sites excluding steroid dienone is 1. The Hall–Kier alpha value is -3.22. The summed E-state index contributed by atoms with van der Waals surface area (Å²) in [6.07, 6.45) is 7.32. The lowest BCUT2D eigenvalue weighted by molar-refractivity contribution is 0.334. The van der Waals surface area contributed by atoms with E-state index in [0.29, 0.717) is 34.5 Å². The first-order chi connectivity index (χ1) is 15.1. The van der Waals surface area contributed by atoms with Crippen LogP contribution in [-0.4, -0.2) is 27.8 Å². The van der Waals surface area contributed by atoms with E-state index in [9.17, 15) is 4.39 Å². The van der Waals surface area contributed by atoms with Crippen LogP contribution in [0.5, 0.6) is 11.6 Å². The smallest absolute Gasteiger partial charge is 0.260 e. The molecule has 31 heavy (non-hydrogen) atoms. The van der Waals surface area contributed by atoms with Gasteiger partial charge >= 0.3 is 0 Å². The van der Waals surface area contributed by atoms with E-state index in [4.69, 9.17) is 14.4 Å². The molecular weight excluding hydrogens is 395 g/mol. The highest BCUT2D eigenvalue weighted by Crippen LogP contribution is 2.32. The van der Waals surface area contributed by atoms with E-state index in [2.05, 4.69) is 30.6 Å². The Kier molecular flexibility index (Phi) is 7.76. The average molecular weight is 425 g/mol. The molecule has 0 N–H and O–H groups in total. The Morgan fingerprint density at radius 1 is 1.29 bits per heavy atom. The SMILES string of the molecule is C=C(F)/N=C1\C(=C/C)C(c2cc(Oc3ccccc3)no2)=NN1C1CCCC1.CCC. The van der Waals surface area contributed by atoms with Crippen LogP contribution >= 0.6 is 0 Å². The van der Waals surface area contributed by atoms with Crippen molar-refractivity contribution in [2.75, 3.05) is 0 Å². The van der Waals surface area contributed by atoms with Gasteiger partial charge in [-0.1, -0.05) is 57.4 Å². The summed E-state index contributed by atoms with van der Waals surface area (Å²) in [5.74, 6) is 1.13. The highest BCUT2D eigenvalue weighted by Gasteiger charge is 2.36. The third-order valence-electron chi connectivity index (χ3n) is 4.79. The Morgan fingerprint density at radius 2 is 1.97 bits per heavy atom. The third kappa shape index (κ3) is 5.48. The van der Waals surface area contributed by atoms with Gasteiger partial charge in [-0.3, -0.25) is 0 Å². The number of ether oxygens (including phenoxy) is 1. The molecule has 2 heterocycles. The summed E-state index contributed by atoms with van der Waals surface area (Å²) in [6.45, 7) is 9.39. The molecular formula is C24H29FN4O2. The highest BCUT2D eigenvalue weighted by atomic mass is 19.1. The second-order valence-corrected chi connectivity index (χ2v) is 7.40. The van der Waals surface area contributed by atoms with Crippen molar-refractivity contribution in [1.29, 1.82) is 0 Å². The van der Waals surface area contributed by atoms with Gasteiger partial charge in [0.25, 0.3) is 5.88 Å². The summed E-state index contributed by atoms with van der Waals surface area (Å²) in [5.41, 5.74) is 1.25. The van der Waals surface area contributed by atoms with Crippen molar-refractivity contribution in [1.82, 2.24) is 10.2 Å². The molecule has 4 rings (SSSR count). The van der Waals surface area contributed by atoms with Gasteiger partial charge in [0.2, 0.25) is 5.95 Å². The van der Waals surface area contributed by atoms with Crippen LogP contribution in [0, 0.1) is 0 Å². The van der Waals surface area contributed by atoms with E-state index in [1.165, 1.54) is 6.42 Å². The third-order valence-corrected chi connectivity index (χ3v) is 4.79. The number of hydrogen-bond donors (Lipinski definition) is 0. The van der Waals surface area contributed by atoms with Gasteiger partial charge in [0.15, 0.2) is 11.6 Å². The molecule has 0 saturated heterocycles. The number of hydrazone groups is 1. The maximum atomic E-state index is 13.6. The Labute approximate surface area is 182 Å². The van der Waals surface area contributed by atoms with Gasteiger partial charge in [0.05, 0.1) is 12.1 Å². The van der Waals surface area contributed by atoms with E-state index < -0.39 is 5.95 Å². The lowest BCUT2D eigenvalue weighted by Crippen LogP contribution is -2.31. The van der Waals surface area contributed by atoms with E-state index in [1.807, 2.05) is 43.3 Å². The number of hydrogen-bond acceptors (Lipinski definition) is 5. The molecule has 1 aromatic heterocycles. The van der Waals surface area contributed by atoms with Gasteiger partial charge in [0.1, 0.15) is 11.5 Å². The second-order valence-electron chi connectivity index (χ2n) is 7.40. The molecule has 1 saturated carbocycles. The summed E-state index contributed by atoms with van der Waals surface area (Å²) in [7, 11) is 0. The minimum atomic E-state index is -0.750. The Balaban J connectivity index is 0.000000858. The zero-order chi connectivity index (χ0) is 22.2. The number of halogens is 1. The number of aliphatic imine (C=N–C) groups is 1. The molecule has 164 valence electrons. The molecule has 0 radical (unpaired) electrons. The van der Waals surface area contributed by atoms with Crippen LogP contribution in [-0.2, 0) is 0 Å². The van der Waals surface area contributed by atoms with Crippen LogP contribution in [0.4, 0.5) is 4.39 Å². The maximum Gasteiger partial charge on any atom is 0.260 e. The molecule has 1 fully saturated rings. The molecule has 0 amide bonds. The first-order valence-electron chi connectivity index (χ1n) is 10.7. The van der Waals surface area contributed by atoms with E-state index in [0.717, 1.165) is 25.7 Å². The van der Waals surface area contributed by atoms with Crippen molar-refractivity contribution < 1.29 is 13.7 Å². The first kappa shape index (κ1) is 22.5. The quantitative estimate of drug-likeness (QED) is 0.505. The summed E-state index contributed by atoms with van der Waals surface area (Å²) < 4.78 is 24.7. The molecule has 0 unspecified atom stereocenters. The zero-order valence-corrected chi connectivity index (χ0v) is 18.3. The van der Waals surface area contributed by atoms with Crippen LogP contribution in [0.1, 0.15) is 58.6 Å². The van der Waals surface area contributed by atoms with Gasteiger partial charge in [-0.2, -0.15) is 9.49 Å². The lowest BCUT2D eigenvalue weighted by atomic mass is 10.1. The maximum absolute atomic E-state index is 13.6. The molecule has 1 aliphatic carbocycles. The standard InChI is InChI=1S/C21H21FN4O2.C3H8/c1-3-17-20(18-13-19(25-28-18)27-16-11-5-4-6-12-16)24-26(15-9-7-8-10-15)21(17)23-14(2)22;1-3-2/h3-6,11-13,15H,2,7-10H2,1H3;3H2,1-2H3/b17-3-,23-21+;. The molecule has 7 heteroatoms. The van der Waals surface area contributed by atoms with Gasteiger partial charge < -0.3 is 9.26 Å². The molecule has 6 nitrogen and oxygen atoms in total. The van der Waals surface area contributed by atoms with Crippen molar-refractivity contribution in [2.45, 2.75) is 58.9 Å².